The Kier molecular flexibility index (Phi) is 4.07. The van der Waals surface area contributed by atoms with E-state index in [1.807, 2.05) is 0 Å². The minimum Gasteiger partial charge on any atom is -0.490 e. The van der Waals surface area contributed by atoms with Crippen molar-refractivity contribution in [1.82, 2.24) is 9.97 Å². The number of rotatable bonds is 4. The number of hydrogen-bond donors (Lipinski definition) is 2. The van der Waals surface area contributed by atoms with Crippen LogP contribution < -0.4 is 15.2 Å². The number of aromatic nitrogens is 2. The molecule has 7 nitrogen and oxygen atoms in total. The van der Waals surface area contributed by atoms with E-state index in [0.717, 1.165) is 0 Å². The van der Waals surface area contributed by atoms with Crippen molar-refractivity contribution in [2.75, 3.05) is 12.4 Å². The van der Waals surface area contributed by atoms with Crippen LogP contribution in [0.25, 0.3) is 0 Å². The molecule has 2 aromatic rings. The molecule has 0 saturated heterocycles. The van der Waals surface area contributed by atoms with Gasteiger partial charge in [0, 0.05) is 5.69 Å². The van der Waals surface area contributed by atoms with Crippen molar-refractivity contribution in [1.29, 1.82) is 0 Å². The summed E-state index contributed by atoms with van der Waals surface area (Å²) < 4.78 is 27.4. The zero-order valence-corrected chi connectivity index (χ0v) is 11.9. The van der Waals surface area contributed by atoms with Gasteiger partial charge in [-0.1, -0.05) is 11.6 Å². The Morgan fingerprint density at radius 1 is 1.25 bits per heavy atom. The van der Waals surface area contributed by atoms with Crippen LogP contribution in [0.5, 0.6) is 5.75 Å². The number of ether oxygens (including phenoxy) is 1. The quantitative estimate of drug-likeness (QED) is 0.829. The number of nitrogens with one attached hydrogen (secondary N) is 1. The van der Waals surface area contributed by atoms with E-state index in [9.17, 15) is 8.42 Å². The summed E-state index contributed by atoms with van der Waals surface area (Å²) in [6.07, 6.45) is 1.28. The van der Waals surface area contributed by atoms with Crippen LogP contribution >= 0.6 is 11.6 Å². The van der Waals surface area contributed by atoms with Gasteiger partial charge in [-0.3, -0.25) is 0 Å². The van der Waals surface area contributed by atoms with Crippen molar-refractivity contribution in [3.63, 3.8) is 0 Å². The lowest BCUT2D eigenvalue weighted by molar-refractivity contribution is 0.413. The lowest BCUT2D eigenvalue weighted by Crippen LogP contribution is -2.11. The van der Waals surface area contributed by atoms with Gasteiger partial charge < -0.3 is 10.1 Å². The van der Waals surface area contributed by atoms with Crippen molar-refractivity contribution in [2.45, 2.75) is 4.90 Å². The molecule has 0 saturated carbocycles. The Morgan fingerprint density at radius 2 is 1.90 bits per heavy atom. The van der Waals surface area contributed by atoms with E-state index in [2.05, 4.69) is 15.3 Å². The first-order valence-electron chi connectivity index (χ1n) is 5.36. The van der Waals surface area contributed by atoms with E-state index in [-0.39, 0.29) is 10.0 Å². The largest absolute Gasteiger partial charge is 0.490 e. The van der Waals surface area contributed by atoms with Crippen molar-refractivity contribution >= 4 is 33.1 Å². The summed E-state index contributed by atoms with van der Waals surface area (Å²) >= 11 is 5.87. The van der Waals surface area contributed by atoms with E-state index in [0.29, 0.717) is 17.3 Å². The number of nitrogens with two attached hydrogens (primary N) is 1. The molecular formula is C11H11ClN4O3S. The van der Waals surface area contributed by atoms with Crippen LogP contribution in [0, 0.1) is 0 Å². The van der Waals surface area contributed by atoms with Gasteiger partial charge in [-0.2, -0.15) is 0 Å². The van der Waals surface area contributed by atoms with Crippen LogP contribution in [0.2, 0.25) is 5.15 Å². The monoisotopic (exact) mass is 314 g/mol. The molecule has 1 aromatic heterocycles. The fourth-order valence-electron chi connectivity index (χ4n) is 1.49. The number of sulfonamides is 1. The number of methoxy groups -OCH3 is 1. The highest BCUT2D eigenvalue weighted by Crippen LogP contribution is 2.30. The van der Waals surface area contributed by atoms with E-state index in [4.69, 9.17) is 21.5 Å². The van der Waals surface area contributed by atoms with Gasteiger partial charge >= 0.3 is 0 Å². The molecule has 106 valence electrons. The number of primary sulfonamides is 1. The third kappa shape index (κ3) is 3.16. The highest BCUT2D eigenvalue weighted by atomic mass is 35.5. The summed E-state index contributed by atoms with van der Waals surface area (Å²) in [6.45, 7) is 0. The van der Waals surface area contributed by atoms with Crippen LogP contribution in [0.15, 0.2) is 35.5 Å². The molecule has 0 radical (unpaired) electrons. The Bertz CT molecular complexity index is 719. The molecule has 0 aliphatic rings. The second-order valence-corrected chi connectivity index (χ2v) is 5.66. The highest BCUT2D eigenvalue weighted by Gasteiger charge is 2.11. The summed E-state index contributed by atoms with van der Waals surface area (Å²) in [5, 5.41) is 8.14. The molecule has 0 aliphatic heterocycles. The van der Waals surface area contributed by atoms with Gasteiger partial charge in [0.25, 0.3) is 0 Å². The van der Waals surface area contributed by atoms with E-state index < -0.39 is 10.0 Å². The molecule has 0 atom stereocenters. The maximum absolute atomic E-state index is 11.1. The van der Waals surface area contributed by atoms with Gasteiger partial charge in [0.05, 0.1) is 12.0 Å². The maximum Gasteiger partial charge on any atom is 0.238 e. The molecule has 20 heavy (non-hydrogen) atoms. The molecule has 0 unspecified atom stereocenters. The van der Waals surface area contributed by atoms with Crippen molar-refractivity contribution < 1.29 is 13.2 Å². The predicted octanol–water partition coefficient (Wildman–Crippen LogP) is 1.53. The number of halogens is 1. The van der Waals surface area contributed by atoms with Gasteiger partial charge in [0.1, 0.15) is 6.33 Å². The maximum atomic E-state index is 11.1. The summed E-state index contributed by atoms with van der Waals surface area (Å²) in [7, 11) is -2.27. The van der Waals surface area contributed by atoms with Gasteiger partial charge in [-0.25, -0.2) is 23.5 Å². The Hall–Kier alpha value is -1.90. The molecule has 1 heterocycles. The number of benzene rings is 1. The summed E-state index contributed by atoms with van der Waals surface area (Å²) in [4.78, 5) is 7.82. The van der Waals surface area contributed by atoms with Crippen LogP contribution in [0.4, 0.5) is 11.5 Å². The summed E-state index contributed by atoms with van der Waals surface area (Å²) in [6, 6.07) is 5.87. The number of hydrogen-bond acceptors (Lipinski definition) is 6. The molecule has 0 fully saturated rings. The highest BCUT2D eigenvalue weighted by molar-refractivity contribution is 7.89. The van der Waals surface area contributed by atoms with Crippen molar-refractivity contribution in [3.05, 3.63) is 35.7 Å². The first-order valence-corrected chi connectivity index (χ1v) is 7.28. The lowest BCUT2D eigenvalue weighted by atomic mass is 10.3. The summed E-state index contributed by atoms with van der Waals surface area (Å²) in [5.41, 5.74) is 0.602. The fraction of sp³-hybridized carbons (Fsp3) is 0.0909. The van der Waals surface area contributed by atoms with E-state index >= 15 is 0 Å². The topological polar surface area (TPSA) is 107 Å². The average molecular weight is 315 g/mol. The molecule has 3 N–H and O–H groups in total. The van der Waals surface area contributed by atoms with Gasteiger partial charge in [-0.15, -0.1) is 0 Å². The molecule has 9 heteroatoms. The Labute approximate surface area is 120 Å². The first-order chi connectivity index (χ1) is 9.41. The van der Waals surface area contributed by atoms with E-state index in [1.54, 1.807) is 12.1 Å². The predicted molar refractivity (Wildman–Crippen MR) is 74.7 cm³/mol. The molecule has 0 amide bonds. The number of nitrogens with zero attached hydrogens (tertiary/aromatic N) is 2. The zero-order valence-electron chi connectivity index (χ0n) is 10.4. The van der Waals surface area contributed by atoms with Crippen molar-refractivity contribution in [3.8, 4) is 5.75 Å². The van der Waals surface area contributed by atoms with Gasteiger partial charge in [-0.05, 0) is 24.3 Å². The van der Waals surface area contributed by atoms with Gasteiger partial charge in [0.15, 0.2) is 16.7 Å². The second kappa shape index (κ2) is 5.61. The molecule has 0 aliphatic carbocycles. The van der Waals surface area contributed by atoms with Gasteiger partial charge in [0.2, 0.25) is 10.0 Å². The van der Waals surface area contributed by atoms with Crippen LogP contribution in [0.3, 0.4) is 0 Å². The molecule has 1 aromatic carbocycles. The minimum atomic E-state index is -3.71. The van der Waals surface area contributed by atoms with Crippen LogP contribution in [0.1, 0.15) is 0 Å². The average Bonchev–Trinajstić information content (AvgIpc) is 2.38. The SMILES string of the molecule is COc1c(Cl)ncnc1Nc1ccc(S(N)(=O)=O)cc1. The van der Waals surface area contributed by atoms with Crippen molar-refractivity contribution in [2.24, 2.45) is 5.14 Å². The smallest absolute Gasteiger partial charge is 0.238 e. The minimum absolute atomic E-state index is 0.0238. The van der Waals surface area contributed by atoms with Crippen LogP contribution in [-0.4, -0.2) is 25.5 Å². The first kappa shape index (κ1) is 14.5. The second-order valence-electron chi connectivity index (χ2n) is 3.74. The molecule has 2 rings (SSSR count). The third-order valence-corrected chi connectivity index (χ3v) is 3.61. The molecular weight excluding hydrogens is 304 g/mol. The standard InChI is InChI=1S/C11H11ClN4O3S/c1-19-9-10(12)14-6-15-11(9)16-7-2-4-8(5-3-7)20(13,17)18/h2-6H,1H3,(H2,13,17,18)(H,14,15,16). The van der Waals surface area contributed by atoms with Crippen LogP contribution in [-0.2, 0) is 10.0 Å². The third-order valence-electron chi connectivity index (χ3n) is 2.41. The molecule has 0 bridgehead atoms. The zero-order chi connectivity index (χ0) is 14.8. The lowest BCUT2D eigenvalue weighted by Gasteiger charge is -2.10. The summed E-state index contributed by atoms with van der Waals surface area (Å²) in [5.74, 6) is 0.667. The Balaban J connectivity index is 2.29. The van der Waals surface area contributed by atoms with E-state index in [1.165, 1.54) is 25.6 Å². The normalized spacial score (nSPS) is 11.2. The fourth-order valence-corrected chi connectivity index (χ4v) is 2.21. The molecule has 0 spiro atoms. The number of anilines is 2. The Morgan fingerprint density at radius 3 is 2.45 bits per heavy atom.